The van der Waals surface area contributed by atoms with Gasteiger partial charge in [-0.05, 0) is 35.7 Å². The maximum atomic E-state index is 5.83. The molecule has 0 unspecified atom stereocenters. The maximum absolute atomic E-state index is 5.83. The van der Waals surface area contributed by atoms with E-state index in [1.165, 1.54) is 16.8 Å². The van der Waals surface area contributed by atoms with Gasteiger partial charge in [-0.25, -0.2) is 0 Å². The Kier molecular flexibility index (Phi) is 2.48. The molecule has 2 nitrogen and oxygen atoms in total. The highest BCUT2D eigenvalue weighted by molar-refractivity contribution is 5.57. The zero-order chi connectivity index (χ0) is 11.7. The lowest BCUT2D eigenvalue weighted by Crippen LogP contribution is -2.30. The zero-order valence-electron chi connectivity index (χ0n) is 9.76. The van der Waals surface area contributed by atoms with Crippen LogP contribution < -0.4 is 10.6 Å². The smallest absolute Gasteiger partial charge is 0.0432 e. The quantitative estimate of drug-likeness (QED) is 0.755. The van der Waals surface area contributed by atoms with Crippen LogP contribution in [0.5, 0.6) is 0 Å². The van der Waals surface area contributed by atoms with Crippen molar-refractivity contribution in [2.45, 2.75) is 13.0 Å². The highest BCUT2D eigenvalue weighted by Gasteiger charge is 2.15. The summed E-state index contributed by atoms with van der Waals surface area (Å²) >= 11 is 0. The molecule has 0 radical (unpaired) electrons. The standard InChI is InChI=1S/C15H16N2/c16-14-6-3-7-15(10-14)17-9-8-12-4-1-2-5-13(12)11-17/h1-7,10H,8-9,11,16H2. The number of nitrogens with two attached hydrogens (primary N) is 1. The van der Waals surface area contributed by atoms with Crippen molar-refractivity contribution in [2.24, 2.45) is 0 Å². The molecule has 0 amide bonds. The predicted molar refractivity (Wildman–Crippen MR) is 72.1 cm³/mol. The monoisotopic (exact) mass is 224 g/mol. The van der Waals surface area contributed by atoms with E-state index in [0.717, 1.165) is 25.2 Å². The van der Waals surface area contributed by atoms with Crippen molar-refractivity contribution in [3.8, 4) is 0 Å². The zero-order valence-corrected chi connectivity index (χ0v) is 9.76. The molecule has 1 heterocycles. The third-order valence-corrected chi connectivity index (χ3v) is 3.37. The second kappa shape index (κ2) is 4.13. The topological polar surface area (TPSA) is 29.3 Å². The highest BCUT2D eigenvalue weighted by Crippen LogP contribution is 2.25. The van der Waals surface area contributed by atoms with Gasteiger partial charge < -0.3 is 10.6 Å². The van der Waals surface area contributed by atoms with Gasteiger partial charge in [0.1, 0.15) is 0 Å². The SMILES string of the molecule is Nc1cccc(N2CCc3ccccc3C2)c1. The summed E-state index contributed by atoms with van der Waals surface area (Å²) in [6.07, 6.45) is 1.12. The van der Waals surface area contributed by atoms with Gasteiger partial charge in [-0.3, -0.25) is 0 Å². The molecule has 2 N–H and O–H groups in total. The van der Waals surface area contributed by atoms with Crippen LogP contribution in [0.1, 0.15) is 11.1 Å². The number of hydrogen-bond donors (Lipinski definition) is 1. The van der Waals surface area contributed by atoms with Crippen molar-refractivity contribution in [3.05, 3.63) is 59.7 Å². The first-order chi connectivity index (χ1) is 8.33. The van der Waals surface area contributed by atoms with Crippen LogP contribution in [0.15, 0.2) is 48.5 Å². The minimum atomic E-state index is 0.835. The first-order valence-corrected chi connectivity index (χ1v) is 6.00. The first kappa shape index (κ1) is 10.2. The fourth-order valence-corrected chi connectivity index (χ4v) is 2.44. The molecule has 0 fully saturated rings. The van der Waals surface area contributed by atoms with E-state index in [2.05, 4.69) is 35.2 Å². The normalized spacial score (nSPS) is 14.5. The van der Waals surface area contributed by atoms with Crippen LogP contribution in [0.3, 0.4) is 0 Å². The van der Waals surface area contributed by atoms with Gasteiger partial charge in [-0.15, -0.1) is 0 Å². The van der Waals surface area contributed by atoms with Gasteiger partial charge in [-0.2, -0.15) is 0 Å². The largest absolute Gasteiger partial charge is 0.399 e. The van der Waals surface area contributed by atoms with Crippen molar-refractivity contribution in [1.82, 2.24) is 0 Å². The summed E-state index contributed by atoms with van der Waals surface area (Å²) in [5.41, 5.74) is 10.8. The van der Waals surface area contributed by atoms with Crippen LogP contribution in [-0.2, 0) is 13.0 Å². The summed E-state index contributed by atoms with van der Waals surface area (Å²) in [7, 11) is 0. The van der Waals surface area contributed by atoms with Gasteiger partial charge in [-0.1, -0.05) is 30.3 Å². The van der Waals surface area contributed by atoms with E-state index in [1.54, 1.807) is 0 Å². The highest BCUT2D eigenvalue weighted by atomic mass is 15.1. The maximum Gasteiger partial charge on any atom is 0.0432 e. The van der Waals surface area contributed by atoms with Gasteiger partial charge in [0.15, 0.2) is 0 Å². The van der Waals surface area contributed by atoms with Crippen LogP contribution in [0.4, 0.5) is 11.4 Å². The van der Waals surface area contributed by atoms with E-state index in [1.807, 2.05) is 18.2 Å². The van der Waals surface area contributed by atoms with Crippen LogP contribution in [0.2, 0.25) is 0 Å². The van der Waals surface area contributed by atoms with Crippen LogP contribution >= 0.6 is 0 Å². The minimum Gasteiger partial charge on any atom is -0.399 e. The van der Waals surface area contributed by atoms with Crippen molar-refractivity contribution >= 4 is 11.4 Å². The molecular weight excluding hydrogens is 208 g/mol. The molecule has 0 atom stereocenters. The Morgan fingerprint density at radius 3 is 2.59 bits per heavy atom. The van der Waals surface area contributed by atoms with Gasteiger partial charge in [0.25, 0.3) is 0 Å². The number of anilines is 2. The van der Waals surface area contributed by atoms with E-state index < -0.39 is 0 Å². The Morgan fingerprint density at radius 2 is 1.76 bits per heavy atom. The molecule has 2 aromatic rings. The fraction of sp³-hybridized carbons (Fsp3) is 0.200. The first-order valence-electron chi connectivity index (χ1n) is 6.00. The lowest BCUT2D eigenvalue weighted by molar-refractivity contribution is 0.732. The van der Waals surface area contributed by atoms with Crippen molar-refractivity contribution in [1.29, 1.82) is 0 Å². The Labute approximate surface area is 102 Å². The van der Waals surface area contributed by atoms with E-state index in [0.29, 0.717) is 0 Å². The third kappa shape index (κ3) is 1.98. The lowest BCUT2D eigenvalue weighted by atomic mass is 9.99. The Balaban J connectivity index is 1.89. The van der Waals surface area contributed by atoms with Crippen LogP contribution in [-0.4, -0.2) is 6.54 Å². The number of benzene rings is 2. The number of nitrogens with zero attached hydrogens (tertiary/aromatic N) is 1. The second-order valence-electron chi connectivity index (χ2n) is 4.54. The molecule has 0 saturated heterocycles. The molecule has 1 aliphatic heterocycles. The molecule has 0 aliphatic carbocycles. The average Bonchev–Trinajstić information content (AvgIpc) is 2.38. The number of hydrogen-bond acceptors (Lipinski definition) is 2. The Bertz CT molecular complexity index is 534. The van der Waals surface area contributed by atoms with E-state index in [9.17, 15) is 0 Å². The molecule has 17 heavy (non-hydrogen) atoms. The van der Waals surface area contributed by atoms with Crippen molar-refractivity contribution in [2.75, 3.05) is 17.2 Å². The molecule has 0 saturated carbocycles. The predicted octanol–water partition coefficient (Wildman–Crippen LogP) is 2.83. The summed E-state index contributed by atoms with van der Waals surface area (Å²) in [4.78, 5) is 2.39. The summed E-state index contributed by atoms with van der Waals surface area (Å²) in [5.74, 6) is 0. The van der Waals surface area contributed by atoms with E-state index in [4.69, 9.17) is 5.73 Å². The number of nitrogen functional groups attached to an aromatic ring is 1. The molecule has 2 heteroatoms. The summed E-state index contributed by atoms with van der Waals surface area (Å²) in [6.45, 7) is 2.06. The molecule has 3 rings (SSSR count). The molecule has 86 valence electrons. The molecule has 0 aromatic heterocycles. The number of rotatable bonds is 1. The molecule has 1 aliphatic rings. The Morgan fingerprint density at radius 1 is 0.941 bits per heavy atom. The molecular formula is C15H16N2. The van der Waals surface area contributed by atoms with Crippen molar-refractivity contribution in [3.63, 3.8) is 0 Å². The average molecular weight is 224 g/mol. The molecule has 0 bridgehead atoms. The van der Waals surface area contributed by atoms with Gasteiger partial charge >= 0.3 is 0 Å². The third-order valence-electron chi connectivity index (χ3n) is 3.37. The van der Waals surface area contributed by atoms with Gasteiger partial charge in [0.05, 0.1) is 0 Å². The summed E-state index contributed by atoms with van der Waals surface area (Å²) in [6, 6.07) is 16.8. The van der Waals surface area contributed by atoms with Crippen LogP contribution in [0, 0.1) is 0 Å². The summed E-state index contributed by atoms with van der Waals surface area (Å²) in [5, 5.41) is 0. The van der Waals surface area contributed by atoms with Crippen molar-refractivity contribution < 1.29 is 0 Å². The van der Waals surface area contributed by atoms with Gasteiger partial charge in [0.2, 0.25) is 0 Å². The number of fused-ring (bicyclic) bond motifs is 1. The van der Waals surface area contributed by atoms with Gasteiger partial charge in [0, 0.05) is 24.5 Å². The summed E-state index contributed by atoms with van der Waals surface area (Å²) < 4.78 is 0. The minimum absolute atomic E-state index is 0.835. The second-order valence-corrected chi connectivity index (χ2v) is 4.54. The molecule has 2 aromatic carbocycles. The van der Waals surface area contributed by atoms with Crippen LogP contribution in [0.25, 0.3) is 0 Å². The molecule has 0 spiro atoms. The fourth-order valence-electron chi connectivity index (χ4n) is 2.44. The Hall–Kier alpha value is -1.96. The van der Waals surface area contributed by atoms with E-state index in [-0.39, 0.29) is 0 Å². The van der Waals surface area contributed by atoms with E-state index >= 15 is 0 Å². The lowest BCUT2D eigenvalue weighted by Gasteiger charge is -2.30.